The fourth-order valence-corrected chi connectivity index (χ4v) is 3.31. The van der Waals surface area contributed by atoms with Crippen LogP contribution in [0.2, 0.25) is 5.02 Å². The number of benzene rings is 2. The average molecular weight is 473 g/mol. The normalized spacial score (nSPS) is 12.9. The minimum Gasteiger partial charge on any atom is -0.486 e. The first-order chi connectivity index (χ1) is 15.0. The lowest BCUT2D eigenvalue weighted by atomic mass is 10.0. The number of nitrogens with zero attached hydrogens (tertiary/aromatic N) is 2. The van der Waals surface area contributed by atoms with Crippen molar-refractivity contribution in [2.24, 2.45) is 0 Å². The van der Waals surface area contributed by atoms with Gasteiger partial charge in [0.25, 0.3) is 5.69 Å². The Labute approximate surface area is 184 Å². The Morgan fingerprint density at radius 2 is 1.81 bits per heavy atom. The van der Waals surface area contributed by atoms with Gasteiger partial charge in [-0.15, -0.1) is 0 Å². The van der Waals surface area contributed by atoms with E-state index in [9.17, 15) is 32.9 Å². The Bertz CT molecular complexity index is 1090. The minimum atomic E-state index is -4.94. The fourth-order valence-electron chi connectivity index (χ4n) is 3.02. The number of hydrogen-bond donors (Lipinski definition) is 0. The van der Waals surface area contributed by atoms with Gasteiger partial charge in [0.05, 0.1) is 16.9 Å². The Morgan fingerprint density at radius 1 is 1.16 bits per heavy atom. The molecule has 8 nitrogen and oxygen atoms in total. The maximum Gasteiger partial charge on any atom is 0.416 e. The highest BCUT2D eigenvalue weighted by Gasteiger charge is 2.35. The molecule has 0 radical (unpaired) electrons. The number of alkyl halides is 3. The molecular weight excluding hydrogens is 457 g/mol. The summed E-state index contributed by atoms with van der Waals surface area (Å²) in [5, 5.41) is 10.3. The zero-order chi connectivity index (χ0) is 23.6. The fraction of sp³-hybridized carbons (Fsp3) is 0.300. The third kappa shape index (κ3) is 5.10. The van der Waals surface area contributed by atoms with E-state index in [0.717, 1.165) is 0 Å². The predicted molar refractivity (Wildman–Crippen MR) is 106 cm³/mol. The zero-order valence-electron chi connectivity index (χ0n) is 16.6. The second-order valence-electron chi connectivity index (χ2n) is 6.94. The van der Waals surface area contributed by atoms with E-state index in [1.54, 1.807) is 18.2 Å². The molecule has 1 heterocycles. The van der Waals surface area contributed by atoms with Crippen molar-refractivity contribution in [2.75, 3.05) is 20.3 Å². The largest absolute Gasteiger partial charge is 0.486 e. The molecule has 0 unspecified atom stereocenters. The number of Topliss-reactive ketones (excluding diaryl/α,β-unsaturated/α-hetero) is 1. The summed E-state index contributed by atoms with van der Waals surface area (Å²) in [5.41, 5.74) is -2.55. The molecule has 0 N–H and O–H groups in total. The van der Waals surface area contributed by atoms with Crippen molar-refractivity contribution >= 4 is 29.0 Å². The van der Waals surface area contributed by atoms with Crippen LogP contribution in [0.15, 0.2) is 30.3 Å². The highest BCUT2D eigenvalue weighted by molar-refractivity contribution is 6.36. The lowest BCUT2D eigenvalue weighted by Gasteiger charge is -2.21. The predicted octanol–water partition coefficient (Wildman–Crippen LogP) is 4.27. The molecule has 0 spiro atoms. The molecule has 0 fully saturated rings. The van der Waals surface area contributed by atoms with Crippen LogP contribution >= 0.6 is 11.6 Å². The molecular formula is C20H16ClF3N2O6. The zero-order valence-corrected chi connectivity index (χ0v) is 17.3. The Balaban J connectivity index is 1.77. The van der Waals surface area contributed by atoms with Gasteiger partial charge >= 0.3 is 6.18 Å². The van der Waals surface area contributed by atoms with E-state index in [1.165, 1.54) is 11.9 Å². The summed E-state index contributed by atoms with van der Waals surface area (Å²) < 4.78 is 50.1. The molecule has 0 saturated heterocycles. The van der Waals surface area contributed by atoms with Crippen LogP contribution in [0.1, 0.15) is 27.9 Å². The Kier molecular flexibility index (Phi) is 6.58. The van der Waals surface area contributed by atoms with E-state index in [0.29, 0.717) is 36.3 Å². The van der Waals surface area contributed by atoms with Gasteiger partial charge in [-0.2, -0.15) is 13.2 Å². The van der Waals surface area contributed by atoms with Crippen LogP contribution < -0.4 is 9.47 Å². The number of fused-ring (bicyclic) bond motifs is 1. The summed E-state index contributed by atoms with van der Waals surface area (Å²) in [5.74, 6) is -0.706. The maximum atomic E-state index is 13.1. The van der Waals surface area contributed by atoms with Crippen LogP contribution in [0.3, 0.4) is 0 Å². The molecule has 2 aromatic carbocycles. The Morgan fingerprint density at radius 3 is 2.44 bits per heavy atom. The van der Waals surface area contributed by atoms with E-state index >= 15 is 0 Å². The third-order valence-corrected chi connectivity index (χ3v) is 5.04. The summed E-state index contributed by atoms with van der Waals surface area (Å²) in [6.07, 6.45) is -5.76. The standard InChI is InChI=1S/C20H16ClF3N2O6/c1-25(10-11-2-3-16-17(6-11)32-5-4-31-16)18(28)9-15(27)13-7-12(20(22,23)24)8-14(19(13)21)26(29)30/h2-3,6-8H,4-5,9-10H2,1H3. The molecule has 170 valence electrons. The first kappa shape index (κ1) is 23.3. The molecule has 32 heavy (non-hydrogen) atoms. The van der Waals surface area contributed by atoms with E-state index in [-0.39, 0.29) is 12.6 Å². The SMILES string of the molecule is CN(Cc1ccc2c(c1)OCCO2)C(=O)CC(=O)c1cc(C(F)(F)F)cc([N+](=O)[O-])c1Cl. The van der Waals surface area contributed by atoms with Crippen molar-refractivity contribution < 1.29 is 37.2 Å². The van der Waals surface area contributed by atoms with E-state index < -0.39 is 51.0 Å². The number of nitro benzene ring substituents is 1. The van der Waals surface area contributed by atoms with Crippen molar-refractivity contribution in [2.45, 2.75) is 19.1 Å². The lowest BCUT2D eigenvalue weighted by molar-refractivity contribution is -0.385. The van der Waals surface area contributed by atoms with Gasteiger partial charge in [0, 0.05) is 25.2 Å². The number of amides is 1. The molecule has 3 rings (SSSR count). The van der Waals surface area contributed by atoms with Crippen LogP contribution in [-0.4, -0.2) is 41.8 Å². The first-order valence-corrected chi connectivity index (χ1v) is 9.56. The van der Waals surface area contributed by atoms with Crippen LogP contribution in [0, 0.1) is 10.1 Å². The van der Waals surface area contributed by atoms with E-state index in [1.807, 2.05) is 0 Å². The number of hydrogen-bond acceptors (Lipinski definition) is 6. The number of rotatable bonds is 6. The summed E-state index contributed by atoms with van der Waals surface area (Å²) >= 11 is 5.80. The van der Waals surface area contributed by atoms with Gasteiger partial charge in [-0.05, 0) is 23.8 Å². The van der Waals surface area contributed by atoms with Gasteiger partial charge in [-0.3, -0.25) is 19.7 Å². The summed E-state index contributed by atoms with van der Waals surface area (Å²) in [4.78, 5) is 36.1. The second kappa shape index (κ2) is 9.03. The van der Waals surface area contributed by atoms with E-state index in [2.05, 4.69) is 0 Å². The van der Waals surface area contributed by atoms with Crippen LogP contribution in [0.5, 0.6) is 11.5 Å². The van der Waals surface area contributed by atoms with Gasteiger partial charge in [-0.25, -0.2) is 0 Å². The highest BCUT2D eigenvalue weighted by atomic mass is 35.5. The van der Waals surface area contributed by atoms with Crippen molar-refractivity contribution in [3.05, 3.63) is 62.2 Å². The number of ketones is 1. The molecule has 0 aromatic heterocycles. The maximum absolute atomic E-state index is 13.1. The lowest BCUT2D eigenvalue weighted by Crippen LogP contribution is -2.28. The summed E-state index contributed by atoms with van der Waals surface area (Å²) in [6, 6.07) is 5.70. The van der Waals surface area contributed by atoms with Crippen LogP contribution in [0.25, 0.3) is 0 Å². The smallest absolute Gasteiger partial charge is 0.416 e. The average Bonchev–Trinajstić information content (AvgIpc) is 2.72. The number of ether oxygens (including phenoxy) is 2. The van der Waals surface area contributed by atoms with Gasteiger partial charge in [0.2, 0.25) is 5.91 Å². The number of halogens is 4. The molecule has 1 aliphatic heterocycles. The molecule has 0 aliphatic carbocycles. The van der Waals surface area contributed by atoms with Crippen molar-refractivity contribution in [3.63, 3.8) is 0 Å². The molecule has 1 aliphatic rings. The van der Waals surface area contributed by atoms with Crippen molar-refractivity contribution in [3.8, 4) is 11.5 Å². The molecule has 0 bridgehead atoms. The summed E-state index contributed by atoms with van der Waals surface area (Å²) in [7, 11) is 1.41. The highest BCUT2D eigenvalue weighted by Crippen LogP contribution is 2.38. The number of nitro groups is 1. The quantitative estimate of drug-likeness (QED) is 0.269. The molecule has 1 amide bonds. The Hall–Kier alpha value is -3.34. The van der Waals surface area contributed by atoms with Gasteiger partial charge in [0.1, 0.15) is 18.2 Å². The van der Waals surface area contributed by atoms with Gasteiger partial charge in [-0.1, -0.05) is 17.7 Å². The monoisotopic (exact) mass is 472 g/mol. The van der Waals surface area contributed by atoms with Crippen LogP contribution in [0.4, 0.5) is 18.9 Å². The van der Waals surface area contributed by atoms with Crippen molar-refractivity contribution in [1.82, 2.24) is 4.90 Å². The minimum absolute atomic E-state index is 0.0826. The second-order valence-corrected chi connectivity index (χ2v) is 7.32. The molecule has 0 atom stereocenters. The van der Waals surface area contributed by atoms with Gasteiger partial charge in [0.15, 0.2) is 17.3 Å². The molecule has 0 saturated carbocycles. The van der Waals surface area contributed by atoms with Crippen LogP contribution in [-0.2, 0) is 17.5 Å². The molecule has 12 heteroatoms. The van der Waals surface area contributed by atoms with Crippen molar-refractivity contribution in [1.29, 1.82) is 0 Å². The van der Waals surface area contributed by atoms with E-state index in [4.69, 9.17) is 21.1 Å². The first-order valence-electron chi connectivity index (χ1n) is 9.18. The number of carbonyl (C=O) groups excluding carboxylic acids is 2. The summed E-state index contributed by atoms with van der Waals surface area (Å²) in [6.45, 7) is 0.881. The number of carbonyl (C=O) groups is 2. The topological polar surface area (TPSA) is 99.0 Å². The van der Waals surface area contributed by atoms with Gasteiger partial charge < -0.3 is 14.4 Å². The third-order valence-electron chi connectivity index (χ3n) is 4.64. The molecule has 2 aromatic rings.